The quantitative estimate of drug-likeness (QED) is 0.437. The molecule has 10 heteroatoms. The third-order valence-corrected chi connectivity index (χ3v) is 4.66. The minimum atomic E-state index is -0.488. The number of benzene rings is 2. The highest BCUT2D eigenvalue weighted by molar-refractivity contribution is 5.76. The van der Waals surface area contributed by atoms with Gasteiger partial charge in [0.05, 0.1) is 0 Å². The molecule has 4 aromatic rings. The number of hydrogen-bond donors (Lipinski definition) is 1. The molecule has 8 nitrogen and oxygen atoms in total. The van der Waals surface area contributed by atoms with Crippen molar-refractivity contribution in [3.8, 4) is 22.8 Å². The van der Waals surface area contributed by atoms with E-state index in [1.54, 1.807) is 31.2 Å². The SMILES string of the molecule is CC(NC(=O)CCCc1nc(-c2ccc(F)cc2)no1)c1nc(-c2ccc(F)cc2)no1. The van der Waals surface area contributed by atoms with Crippen LogP contribution in [0.2, 0.25) is 0 Å². The van der Waals surface area contributed by atoms with Crippen LogP contribution in [0.1, 0.15) is 37.6 Å². The molecule has 0 aliphatic heterocycles. The molecule has 0 fully saturated rings. The molecule has 0 spiro atoms. The number of amides is 1. The van der Waals surface area contributed by atoms with Crippen LogP contribution in [0.3, 0.4) is 0 Å². The Morgan fingerprint density at radius 3 is 2.09 bits per heavy atom. The predicted octanol–water partition coefficient (Wildman–Crippen LogP) is 4.26. The van der Waals surface area contributed by atoms with Crippen molar-refractivity contribution in [3.63, 3.8) is 0 Å². The van der Waals surface area contributed by atoms with Crippen LogP contribution in [-0.2, 0) is 11.2 Å². The Morgan fingerprint density at radius 2 is 1.47 bits per heavy atom. The first-order valence-electron chi connectivity index (χ1n) is 9.95. The molecule has 164 valence electrons. The molecular weight excluding hydrogens is 420 g/mol. The number of hydrogen-bond acceptors (Lipinski definition) is 7. The first-order valence-corrected chi connectivity index (χ1v) is 9.95. The summed E-state index contributed by atoms with van der Waals surface area (Å²) in [6, 6.07) is 11.0. The maximum atomic E-state index is 13.0. The first-order chi connectivity index (χ1) is 15.5. The molecule has 1 N–H and O–H groups in total. The fourth-order valence-electron chi connectivity index (χ4n) is 2.98. The van der Waals surface area contributed by atoms with Gasteiger partial charge in [-0.05, 0) is 61.9 Å². The summed E-state index contributed by atoms with van der Waals surface area (Å²) >= 11 is 0. The largest absolute Gasteiger partial charge is 0.345 e. The zero-order chi connectivity index (χ0) is 22.5. The second kappa shape index (κ2) is 9.46. The predicted molar refractivity (Wildman–Crippen MR) is 109 cm³/mol. The lowest BCUT2D eigenvalue weighted by atomic mass is 10.2. The van der Waals surface area contributed by atoms with Gasteiger partial charge in [0.15, 0.2) is 0 Å². The maximum absolute atomic E-state index is 13.0. The zero-order valence-electron chi connectivity index (χ0n) is 17.1. The van der Waals surface area contributed by atoms with Crippen LogP contribution in [0.5, 0.6) is 0 Å². The Bertz CT molecular complexity index is 1190. The lowest BCUT2D eigenvalue weighted by Gasteiger charge is -2.09. The first kappa shape index (κ1) is 21.3. The molecule has 1 atom stereocenters. The fourth-order valence-corrected chi connectivity index (χ4v) is 2.98. The van der Waals surface area contributed by atoms with Crippen LogP contribution in [0.4, 0.5) is 8.78 Å². The van der Waals surface area contributed by atoms with Crippen molar-refractivity contribution < 1.29 is 22.6 Å². The second-order valence-corrected chi connectivity index (χ2v) is 7.12. The van der Waals surface area contributed by atoms with Gasteiger partial charge in [0.25, 0.3) is 0 Å². The Balaban J connectivity index is 1.25. The van der Waals surface area contributed by atoms with E-state index in [0.717, 1.165) is 0 Å². The van der Waals surface area contributed by atoms with Gasteiger partial charge in [-0.15, -0.1) is 0 Å². The summed E-state index contributed by atoms with van der Waals surface area (Å²) < 4.78 is 36.5. The highest BCUT2D eigenvalue weighted by Gasteiger charge is 2.18. The topological polar surface area (TPSA) is 107 Å². The lowest BCUT2D eigenvalue weighted by Crippen LogP contribution is -2.26. The molecule has 0 bridgehead atoms. The van der Waals surface area contributed by atoms with Gasteiger partial charge in [-0.2, -0.15) is 9.97 Å². The number of halogens is 2. The maximum Gasteiger partial charge on any atom is 0.249 e. The summed E-state index contributed by atoms with van der Waals surface area (Å²) in [6.07, 6.45) is 1.15. The van der Waals surface area contributed by atoms with E-state index in [0.29, 0.717) is 41.5 Å². The molecule has 4 rings (SSSR count). The number of aromatic nitrogens is 4. The van der Waals surface area contributed by atoms with Crippen LogP contribution in [0, 0.1) is 11.6 Å². The molecule has 0 saturated carbocycles. The standard InChI is InChI=1S/C22H19F2N5O3/c1-13(22-27-21(29-32-22)15-7-11-17(24)12-8-15)25-18(30)3-2-4-19-26-20(28-31-19)14-5-9-16(23)10-6-14/h5-13H,2-4H2,1H3,(H,25,30). The number of carbonyl (C=O) groups excluding carboxylic acids is 1. The fraction of sp³-hybridized carbons (Fsp3) is 0.227. The van der Waals surface area contributed by atoms with E-state index < -0.39 is 6.04 Å². The second-order valence-electron chi connectivity index (χ2n) is 7.12. The Kier molecular flexibility index (Phi) is 6.29. The Labute approximate surface area is 181 Å². The zero-order valence-corrected chi connectivity index (χ0v) is 17.1. The molecule has 1 unspecified atom stereocenters. The molecule has 0 saturated heterocycles. The number of carbonyl (C=O) groups is 1. The van der Waals surface area contributed by atoms with Gasteiger partial charge in [-0.3, -0.25) is 4.79 Å². The normalized spacial score (nSPS) is 12.0. The van der Waals surface area contributed by atoms with Crippen molar-refractivity contribution in [2.24, 2.45) is 0 Å². The Morgan fingerprint density at radius 1 is 0.906 bits per heavy atom. The summed E-state index contributed by atoms with van der Waals surface area (Å²) in [4.78, 5) is 20.8. The average Bonchev–Trinajstić information content (AvgIpc) is 3.45. The van der Waals surface area contributed by atoms with Crippen molar-refractivity contribution in [2.75, 3.05) is 0 Å². The molecular formula is C22H19F2N5O3. The van der Waals surface area contributed by atoms with Gasteiger partial charge in [-0.1, -0.05) is 10.3 Å². The molecule has 0 aliphatic carbocycles. The van der Waals surface area contributed by atoms with Crippen molar-refractivity contribution in [1.82, 2.24) is 25.6 Å². The number of nitrogens with one attached hydrogen (secondary N) is 1. The lowest BCUT2D eigenvalue weighted by molar-refractivity contribution is -0.122. The summed E-state index contributed by atoms with van der Waals surface area (Å²) in [6.45, 7) is 1.73. The van der Waals surface area contributed by atoms with E-state index >= 15 is 0 Å². The van der Waals surface area contributed by atoms with E-state index in [1.807, 2.05) is 0 Å². The highest BCUT2D eigenvalue weighted by Crippen LogP contribution is 2.20. The Hall–Kier alpha value is -3.95. The smallest absolute Gasteiger partial charge is 0.249 e. The van der Waals surface area contributed by atoms with Crippen molar-refractivity contribution >= 4 is 5.91 Å². The van der Waals surface area contributed by atoms with E-state index in [2.05, 4.69) is 25.6 Å². The van der Waals surface area contributed by atoms with Gasteiger partial charge in [-0.25, -0.2) is 8.78 Å². The minimum Gasteiger partial charge on any atom is -0.345 e. The molecule has 2 aromatic heterocycles. The summed E-state index contributed by atoms with van der Waals surface area (Å²) in [5.41, 5.74) is 1.26. The average molecular weight is 439 g/mol. The molecule has 0 radical (unpaired) electrons. The molecule has 0 aliphatic rings. The van der Waals surface area contributed by atoms with E-state index in [9.17, 15) is 13.6 Å². The molecule has 1 amide bonds. The molecule has 2 heterocycles. The molecule has 32 heavy (non-hydrogen) atoms. The van der Waals surface area contributed by atoms with Crippen LogP contribution >= 0.6 is 0 Å². The van der Waals surface area contributed by atoms with Crippen molar-refractivity contribution in [2.45, 2.75) is 32.2 Å². The van der Waals surface area contributed by atoms with Crippen LogP contribution < -0.4 is 5.32 Å². The van der Waals surface area contributed by atoms with Crippen molar-refractivity contribution in [3.05, 3.63) is 71.9 Å². The third kappa shape index (κ3) is 5.20. The van der Waals surface area contributed by atoms with Gasteiger partial charge < -0.3 is 14.4 Å². The number of aryl methyl sites for hydroxylation is 1. The van der Waals surface area contributed by atoms with Gasteiger partial charge in [0.2, 0.25) is 29.3 Å². The van der Waals surface area contributed by atoms with E-state index in [-0.39, 0.29) is 29.9 Å². The summed E-state index contributed by atoms with van der Waals surface area (Å²) in [5.74, 6) is 0.429. The monoisotopic (exact) mass is 439 g/mol. The van der Waals surface area contributed by atoms with Crippen LogP contribution in [0.15, 0.2) is 57.6 Å². The van der Waals surface area contributed by atoms with Crippen LogP contribution in [-0.4, -0.2) is 26.2 Å². The van der Waals surface area contributed by atoms with Crippen molar-refractivity contribution in [1.29, 1.82) is 0 Å². The van der Waals surface area contributed by atoms with E-state index in [4.69, 9.17) is 9.05 Å². The number of nitrogens with zero attached hydrogens (tertiary/aromatic N) is 4. The van der Waals surface area contributed by atoms with E-state index in [1.165, 1.54) is 24.3 Å². The highest BCUT2D eigenvalue weighted by atomic mass is 19.1. The van der Waals surface area contributed by atoms with Gasteiger partial charge in [0, 0.05) is 24.0 Å². The summed E-state index contributed by atoms with van der Waals surface area (Å²) in [5, 5.41) is 10.5. The van der Waals surface area contributed by atoms with Gasteiger partial charge in [0.1, 0.15) is 17.7 Å². The van der Waals surface area contributed by atoms with Crippen LogP contribution in [0.25, 0.3) is 22.8 Å². The molecule has 2 aromatic carbocycles. The summed E-state index contributed by atoms with van der Waals surface area (Å²) in [7, 11) is 0. The number of rotatable bonds is 8. The minimum absolute atomic E-state index is 0.197. The third-order valence-electron chi connectivity index (χ3n) is 4.66. The van der Waals surface area contributed by atoms with Gasteiger partial charge >= 0.3 is 0 Å².